The first-order chi connectivity index (χ1) is 7.70. The van der Waals surface area contributed by atoms with Crippen molar-refractivity contribution in [2.24, 2.45) is 11.8 Å². The van der Waals surface area contributed by atoms with Crippen LogP contribution < -0.4 is 4.74 Å². The Morgan fingerprint density at radius 3 is 2.75 bits per heavy atom. The molecule has 0 amide bonds. The fourth-order valence-corrected chi connectivity index (χ4v) is 1.73. The van der Waals surface area contributed by atoms with E-state index in [1.54, 1.807) is 12.1 Å². The zero-order valence-corrected chi connectivity index (χ0v) is 9.74. The highest BCUT2D eigenvalue weighted by atomic mass is 35.5. The molecular formula is C12H13ClO3. The molecular weight excluding hydrogens is 228 g/mol. The minimum atomic E-state index is -0.135. The Balaban J connectivity index is 1.77. The van der Waals surface area contributed by atoms with Crippen LogP contribution in [0.3, 0.4) is 0 Å². The minimum absolute atomic E-state index is 0.0253. The van der Waals surface area contributed by atoms with Gasteiger partial charge in [0.05, 0.1) is 19.6 Å². The lowest BCUT2D eigenvalue weighted by atomic mass is 10.3. The van der Waals surface area contributed by atoms with Gasteiger partial charge in [-0.25, -0.2) is 0 Å². The lowest BCUT2D eigenvalue weighted by molar-refractivity contribution is -0.142. The van der Waals surface area contributed by atoms with E-state index in [2.05, 4.69) is 4.74 Å². The number of benzene rings is 1. The van der Waals surface area contributed by atoms with Gasteiger partial charge >= 0.3 is 5.97 Å². The van der Waals surface area contributed by atoms with E-state index in [1.807, 2.05) is 12.1 Å². The molecule has 1 aliphatic rings. The van der Waals surface area contributed by atoms with Crippen molar-refractivity contribution in [1.82, 2.24) is 0 Å². The third kappa shape index (κ3) is 2.67. The van der Waals surface area contributed by atoms with Crippen LogP contribution in [0.1, 0.15) is 6.42 Å². The second-order valence-electron chi connectivity index (χ2n) is 3.89. The molecule has 4 heteroatoms. The van der Waals surface area contributed by atoms with Gasteiger partial charge in [0.2, 0.25) is 0 Å². The van der Waals surface area contributed by atoms with Gasteiger partial charge in [0, 0.05) is 10.9 Å². The van der Waals surface area contributed by atoms with Crippen LogP contribution in [0.25, 0.3) is 0 Å². The summed E-state index contributed by atoms with van der Waals surface area (Å²) in [6.45, 7) is 0.557. The van der Waals surface area contributed by atoms with Crippen LogP contribution in [0.2, 0.25) is 5.02 Å². The molecule has 1 saturated carbocycles. The van der Waals surface area contributed by atoms with Crippen molar-refractivity contribution < 1.29 is 14.3 Å². The van der Waals surface area contributed by atoms with Crippen LogP contribution in [0, 0.1) is 11.8 Å². The van der Waals surface area contributed by atoms with E-state index in [4.69, 9.17) is 16.3 Å². The summed E-state index contributed by atoms with van der Waals surface area (Å²) in [5, 5.41) is 0.686. The Bertz CT molecular complexity index is 374. The van der Waals surface area contributed by atoms with Crippen LogP contribution in [-0.4, -0.2) is 19.7 Å². The standard InChI is InChI=1S/C12H13ClO3/c1-15-12(14)11-6-8(11)7-16-10-4-2-9(13)3-5-10/h2-5,8,11H,6-7H2,1H3. The van der Waals surface area contributed by atoms with Crippen molar-refractivity contribution in [2.45, 2.75) is 6.42 Å². The first-order valence-electron chi connectivity index (χ1n) is 5.17. The number of rotatable bonds is 4. The molecule has 16 heavy (non-hydrogen) atoms. The number of halogens is 1. The number of hydrogen-bond donors (Lipinski definition) is 0. The molecule has 0 radical (unpaired) electrons. The number of carbonyl (C=O) groups is 1. The molecule has 1 aromatic carbocycles. The quantitative estimate of drug-likeness (QED) is 0.759. The monoisotopic (exact) mass is 240 g/mol. The molecule has 1 aromatic rings. The number of carbonyl (C=O) groups excluding carboxylic acids is 1. The summed E-state index contributed by atoms with van der Waals surface area (Å²) in [6.07, 6.45) is 0.861. The molecule has 2 unspecified atom stereocenters. The highest BCUT2D eigenvalue weighted by Gasteiger charge is 2.44. The molecule has 1 fully saturated rings. The van der Waals surface area contributed by atoms with E-state index in [0.717, 1.165) is 12.2 Å². The average molecular weight is 241 g/mol. The minimum Gasteiger partial charge on any atom is -0.493 e. The smallest absolute Gasteiger partial charge is 0.309 e. The molecule has 3 nitrogen and oxygen atoms in total. The summed E-state index contributed by atoms with van der Waals surface area (Å²) < 4.78 is 10.2. The van der Waals surface area contributed by atoms with E-state index >= 15 is 0 Å². The van der Waals surface area contributed by atoms with Gasteiger partial charge in [-0.1, -0.05) is 11.6 Å². The Morgan fingerprint density at radius 2 is 2.12 bits per heavy atom. The van der Waals surface area contributed by atoms with Gasteiger partial charge in [-0.05, 0) is 30.7 Å². The molecule has 0 aromatic heterocycles. The fourth-order valence-electron chi connectivity index (χ4n) is 1.61. The lowest BCUT2D eigenvalue weighted by Crippen LogP contribution is -2.08. The summed E-state index contributed by atoms with van der Waals surface area (Å²) in [4.78, 5) is 11.1. The van der Waals surface area contributed by atoms with Crippen molar-refractivity contribution in [3.05, 3.63) is 29.3 Å². The Morgan fingerprint density at radius 1 is 1.44 bits per heavy atom. The van der Waals surface area contributed by atoms with Gasteiger partial charge in [0.1, 0.15) is 5.75 Å². The number of hydrogen-bond acceptors (Lipinski definition) is 3. The Hall–Kier alpha value is -1.22. The second kappa shape index (κ2) is 4.74. The van der Waals surface area contributed by atoms with E-state index < -0.39 is 0 Å². The normalized spacial score (nSPS) is 22.6. The third-order valence-electron chi connectivity index (χ3n) is 2.70. The summed E-state index contributed by atoms with van der Waals surface area (Å²) in [7, 11) is 1.41. The van der Waals surface area contributed by atoms with Gasteiger partial charge in [-0.15, -0.1) is 0 Å². The molecule has 0 N–H and O–H groups in total. The van der Waals surface area contributed by atoms with Crippen LogP contribution >= 0.6 is 11.6 Å². The van der Waals surface area contributed by atoms with Crippen molar-refractivity contribution in [1.29, 1.82) is 0 Å². The van der Waals surface area contributed by atoms with Crippen molar-refractivity contribution in [2.75, 3.05) is 13.7 Å². The summed E-state index contributed by atoms with van der Waals surface area (Å²) in [5.74, 6) is 0.963. The molecule has 2 rings (SSSR count). The molecule has 1 aliphatic carbocycles. The zero-order valence-electron chi connectivity index (χ0n) is 8.98. The maximum absolute atomic E-state index is 11.1. The average Bonchev–Trinajstić information content (AvgIpc) is 3.07. The maximum Gasteiger partial charge on any atom is 0.309 e. The number of ether oxygens (including phenoxy) is 2. The predicted octanol–water partition coefficient (Wildman–Crippen LogP) is 2.53. The predicted molar refractivity (Wildman–Crippen MR) is 60.6 cm³/mol. The van der Waals surface area contributed by atoms with Gasteiger partial charge in [0.15, 0.2) is 0 Å². The first-order valence-corrected chi connectivity index (χ1v) is 5.54. The maximum atomic E-state index is 11.1. The van der Waals surface area contributed by atoms with Gasteiger partial charge in [0.25, 0.3) is 0 Å². The topological polar surface area (TPSA) is 35.5 Å². The molecule has 0 bridgehead atoms. The van der Waals surface area contributed by atoms with Crippen LogP contribution in [-0.2, 0) is 9.53 Å². The molecule has 0 aliphatic heterocycles. The zero-order chi connectivity index (χ0) is 11.5. The van der Waals surface area contributed by atoms with Crippen molar-refractivity contribution in [3.8, 4) is 5.75 Å². The molecule has 2 atom stereocenters. The van der Waals surface area contributed by atoms with Gasteiger partial charge in [-0.2, -0.15) is 0 Å². The highest BCUT2D eigenvalue weighted by Crippen LogP contribution is 2.39. The van der Waals surface area contributed by atoms with E-state index in [-0.39, 0.29) is 11.9 Å². The largest absolute Gasteiger partial charge is 0.493 e. The Kier molecular flexibility index (Phi) is 3.34. The third-order valence-corrected chi connectivity index (χ3v) is 2.96. The molecule has 86 valence electrons. The fraction of sp³-hybridized carbons (Fsp3) is 0.417. The summed E-state index contributed by atoms with van der Waals surface area (Å²) in [6, 6.07) is 7.19. The molecule has 0 spiro atoms. The first kappa shape index (κ1) is 11.3. The van der Waals surface area contributed by atoms with Crippen molar-refractivity contribution >= 4 is 17.6 Å². The number of esters is 1. The van der Waals surface area contributed by atoms with E-state index in [1.165, 1.54) is 7.11 Å². The summed E-state index contributed by atoms with van der Waals surface area (Å²) >= 11 is 5.75. The Labute approximate surface area is 99.3 Å². The van der Waals surface area contributed by atoms with E-state index in [0.29, 0.717) is 17.5 Å². The second-order valence-corrected chi connectivity index (χ2v) is 4.33. The SMILES string of the molecule is COC(=O)C1CC1COc1ccc(Cl)cc1. The molecule has 0 saturated heterocycles. The van der Waals surface area contributed by atoms with Gasteiger partial charge in [-0.3, -0.25) is 4.79 Å². The molecule has 0 heterocycles. The van der Waals surface area contributed by atoms with Crippen LogP contribution in [0.15, 0.2) is 24.3 Å². The lowest BCUT2D eigenvalue weighted by Gasteiger charge is -2.05. The van der Waals surface area contributed by atoms with Crippen molar-refractivity contribution in [3.63, 3.8) is 0 Å². The number of methoxy groups -OCH3 is 1. The van der Waals surface area contributed by atoms with Crippen LogP contribution in [0.5, 0.6) is 5.75 Å². The van der Waals surface area contributed by atoms with Gasteiger partial charge < -0.3 is 9.47 Å². The highest BCUT2D eigenvalue weighted by molar-refractivity contribution is 6.30. The van der Waals surface area contributed by atoms with E-state index in [9.17, 15) is 4.79 Å². The summed E-state index contributed by atoms with van der Waals surface area (Å²) in [5.41, 5.74) is 0. The van der Waals surface area contributed by atoms with Crippen LogP contribution in [0.4, 0.5) is 0 Å².